The molecule has 180 valence electrons. The summed E-state index contributed by atoms with van der Waals surface area (Å²) in [6, 6.07) is 7.33. The van der Waals surface area contributed by atoms with E-state index < -0.39 is 9.73 Å². The molecule has 3 N–H and O–H groups in total. The van der Waals surface area contributed by atoms with Crippen molar-refractivity contribution in [3.8, 4) is 5.88 Å². The van der Waals surface area contributed by atoms with Crippen LogP contribution in [0.25, 0.3) is 0 Å². The first-order chi connectivity index (χ1) is 15.7. The van der Waals surface area contributed by atoms with E-state index in [1.54, 1.807) is 23.5 Å². The van der Waals surface area contributed by atoms with Crippen LogP contribution in [0.4, 0.5) is 0 Å². The smallest absolute Gasteiger partial charge is 0.227 e. The number of carbonyl (C=O) groups excluding carboxylic acids is 1. The number of nitrogens with two attached hydrogens (primary N) is 1. The first-order valence-corrected chi connectivity index (χ1v) is 14.4. The van der Waals surface area contributed by atoms with Crippen LogP contribution in [-0.2, 0) is 20.9 Å². The second kappa shape index (κ2) is 9.35. The van der Waals surface area contributed by atoms with Crippen LogP contribution < -0.4 is 10.5 Å². The highest BCUT2D eigenvalue weighted by molar-refractivity contribution is 7.91. The summed E-state index contributed by atoms with van der Waals surface area (Å²) in [7, 11) is -2.77. The largest absolute Gasteiger partial charge is 0.478 e. The molecule has 0 spiro atoms. The summed E-state index contributed by atoms with van der Waals surface area (Å²) in [6.07, 6.45) is 8.13. The van der Waals surface area contributed by atoms with Crippen molar-refractivity contribution in [2.24, 2.45) is 17.1 Å². The number of aromatic nitrogens is 1. The molecule has 2 fully saturated rings. The molecule has 4 rings (SSSR count). The minimum Gasteiger partial charge on any atom is -0.478 e. The Labute approximate surface area is 200 Å². The summed E-state index contributed by atoms with van der Waals surface area (Å²) in [5, 5.41) is 2.01. The molecule has 2 aromatic heterocycles. The van der Waals surface area contributed by atoms with Crippen molar-refractivity contribution in [2.75, 3.05) is 26.0 Å². The van der Waals surface area contributed by atoms with E-state index >= 15 is 0 Å². The normalized spacial score (nSPS) is 27.2. The third-order valence-corrected chi connectivity index (χ3v) is 9.66. The standard InChI is InChI=1S/C24H34N4O3S2/c1-3-23(10-13-31-21-7-6-20(16-27-21)33(2,26)30)17-24(23,25)18-8-11-28(12-9-18)22(29)15-19-5-4-14-32-19/h4-7,14,16,18,26H,3,8-13,15,17,25H2,1-2H3/t23-,24+,33?/m1/s1. The Kier molecular flexibility index (Phi) is 6.85. The second-order valence-corrected chi connectivity index (χ2v) is 12.7. The monoisotopic (exact) mass is 490 g/mol. The molecular weight excluding hydrogens is 456 g/mol. The van der Waals surface area contributed by atoms with Crippen LogP contribution in [0.3, 0.4) is 0 Å². The number of piperidine rings is 1. The van der Waals surface area contributed by atoms with Crippen LogP contribution in [0.15, 0.2) is 40.7 Å². The number of amides is 1. The number of hydrogen-bond donors (Lipinski definition) is 2. The summed E-state index contributed by atoms with van der Waals surface area (Å²) in [6.45, 7) is 4.31. The lowest BCUT2D eigenvalue weighted by molar-refractivity contribution is -0.132. The molecule has 9 heteroatoms. The average Bonchev–Trinajstić information content (AvgIpc) is 3.11. The molecule has 1 saturated carbocycles. The highest BCUT2D eigenvalue weighted by atomic mass is 32.2. The highest BCUT2D eigenvalue weighted by Gasteiger charge is 2.66. The summed E-state index contributed by atoms with van der Waals surface area (Å²) >= 11 is 1.64. The lowest BCUT2D eigenvalue weighted by Crippen LogP contribution is -2.47. The van der Waals surface area contributed by atoms with Crippen molar-refractivity contribution in [3.63, 3.8) is 0 Å². The van der Waals surface area contributed by atoms with Gasteiger partial charge in [0.15, 0.2) is 0 Å². The summed E-state index contributed by atoms with van der Waals surface area (Å²) < 4.78 is 25.3. The Balaban J connectivity index is 1.27. The first-order valence-electron chi connectivity index (χ1n) is 11.6. The maximum atomic E-state index is 12.6. The van der Waals surface area contributed by atoms with Gasteiger partial charge < -0.3 is 15.4 Å². The van der Waals surface area contributed by atoms with Gasteiger partial charge in [-0.25, -0.2) is 14.0 Å². The minimum absolute atomic E-state index is 0.0691. The van der Waals surface area contributed by atoms with E-state index in [1.165, 1.54) is 12.5 Å². The van der Waals surface area contributed by atoms with Crippen LogP contribution in [-0.4, -0.2) is 51.5 Å². The number of nitrogens with one attached hydrogen (secondary N) is 1. The summed E-state index contributed by atoms with van der Waals surface area (Å²) in [5.41, 5.74) is 6.84. The Bertz CT molecular complexity index is 1060. The lowest BCUT2D eigenvalue weighted by atomic mass is 9.80. The van der Waals surface area contributed by atoms with Gasteiger partial charge in [-0.3, -0.25) is 4.79 Å². The van der Waals surface area contributed by atoms with Gasteiger partial charge in [0.05, 0.1) is 27.7 Å². The molecule has 1 amide bonds. The molecular formula is C24H34N4O3S2. The third-order valence-electron chi connectivity index (χ3n) is 7.64. The predicted octanol–water partition coefficient (Wildman–Crippen LogP) is 3.93. The molecule has 1 saturated heterocycles. The number of nitrogens with zero attached hydrogens (tertiary/aromatic N) is 2. The average molecular weight is 491 g/mol. The number of carbonyl (C=O) groups is 1. The van der Waals surface area contributed by atoms with Gasteiger partial charge in [0.1, 0.15) is 0 Å². The zero-order chi connectivity index (χ0) is 23.7. The van der Waals surface area contributed by atoms with Gasteiger partial charge in [0.2, 0.25) is 11.8 Å². The SMILES string of the molecule is CC[C@@]1(CCOc2ccc(S(C)(=N)=O)cn2)C[C@]1(N)C1CCN(C(=O)Cc2cccs2)CC1. The van der Waals surface area contributed by atoms with Crippen molar-refractivity contribution < 1.29 is 13.7 Å². The van der Waals surface area contributed by atoms with Crippen LogP contribution >= 0.6 is 11.3 Å². The van der Waals surface area contributed by atoms with Crippen LogP contribution in [0.2, 0.25) is 0 Å². The number of ether oxygens (including phenoxy) is 1. The number of pyridine rings is 1. The van der Waals surface area contributed by atoms with Crippen molar-refractivity contribution in [1.29, 1.82) is 4.78 Å². The van der Waals surface area contributed by atoms with Crippen molar-refractivity contribution in [1.82, 2.24) is 9.88 Å². The molecule has 1 aliphatic heterocycles. The Morgan fingerprint density at radius 2 is 2.12 bits per heavy atom. The molecule has 1 aliphatic carbocycles. The van der Waals surface area contributed by atoms with Gasteiger partial charge in [-0.2, -0.15) is 0 Å². The summed E-state index contributed by atoms with van der Waals surface area (Å²) in [5.74, 6) is 1.13. The van der Waals surface area contributed by atoms with Crippen LogP contribution in [0.1, 0.15) is 43.9 Å². The number of rotatable bonds is 9. The van der Waals surface area contributed by atoms with Gasteiger partial charge in [0.25, 0.3) is 0 Å². The van der Waals surface area contributed by atoms with E-state index in [2.05, 4.69) is 11.9 Å². The number of hydrogen-bond acceptors (Lipinski definition) is 7. The molecule has 7 nitrogen and oxygen atoms in total. The number of thiophene rings is 1. The van der Waals surface area contributed by atoms with Gasteiger partial charge in [-0.15, -0.1) is 11.3 Å². The zero-order valence-electron chi connectivity index (χ0n) is 19.4. The molecule has 2 aromatic rings. The summed E-state index contributed by atoms with van der Waals surface area (Å²) in [4.78, 5) is 20.4. The Morgan fingerprint density at radius 3 is 2.70 bits per heavy atom. The van der Waals surface area contributed by atoms with Crippen molar-refractivity contribution in [3.05, 3.63) is 40.7 Å². The predicted molar refractivity (Wildman–Crippen MR) is 131 cm³/mol. The van der Waals surface area contributed by atoms with Crippen molar-refractivity contribution >= 4 is 27.0 Å². The van der Waals surface area contributed by atoms with E-state index in [4.69, 9.17) is 15.3 Å². The van der Waals surface area contributed by atoms with E-state index in [0.717, 1.165) is 50.1 Å². The van der Waals surface area contributed by atoms with Gasteiger partial charge >= 0.3 is 0 Å². The molecule has 0 radical (unpaired) electrons. The second-order valence-electron chi connectivity index (χ2n) is 9.54. The fraction of sp³-hybridized carbons (Fsp3) is 0.583. The molecule has 0 bridgehead atoms. The Hall–Kier alpha value is -1.97. The molecule has 3 heterocycles. The molecule has 1 unspecified atom stereocenters. The van der Waals surface area contributed by atoms with Gasteiger partial charge in [0, 0.05) is 42.0 Å². The quantitative estimate of drug-likeness (QED) is 0.554. The zero-order valence-corrected chi connectivity index (χ0v) is 21.1. The Morgan fingerprint density at radius 1 is 1.36 bits per heavy atom. The van der Waals surface area contributed by atoms with Gasteiger partial charge in [-0.05, 0) is 60.9 Å². The fourth-order valence-electron chi connectivity index (χ4n) is 5.40. The van der Waals surface area contributed by atoms with E-state index in [0.29, 0.717) is 29.7 Å². The molecule has 0 aromatic carbocycles. The van der Waals surface area contributed by atoms with E-state index in [-0.39, 0.29) is 16.9 Å². The number of likely N-dealkylation sites (tertiary alicyclic amines) is 1. The maximum absolute atomic E-state index is 12.6. The van der Waals surface area contributed by atoms with Crippen LogP contribution in [0, 0.1) is 16.1 Å². The topological polar surface area (TPSA) is 109 Å². The molecule has 3 atom stereocenters. The third kappa shape index (κ3) is 5.10. The fourth-order valence-corrected chi connectivity index (χ4v) is 6.67. The van der Waals surface area contributed by atoms with Crippen LogP contribution in [0.5, 0.6) is 5.88 Å². The first kappa shape index (κ1) is 24.2. The molecule has 33 heavy (non-hydrogen) atoms. The maximum Gasteiger partial charge on any atom is 0.227 e. The minimum atomic E-state index is -2.77. The lowest BCUT2D eigenvalue weighted by Gasteiger charge is -2.37. The van der Waals surface area contributed by atoms with E-state index in [1.807, 2.05) is 22.4 Å². The van der Waals surface area contributed by atoms with Crippen molar-refractivity contribution in [2.45, 2.75) is 55.9 Å². The highest BCUT2D eigenvalue weighted by Crippen LogP contribution is 2.64. The molecule has 2 aliphatic rings. The van der Waals surface area contributed by atoms with Gasteiger partial charge in [-0.1, -0.05) is 13.0 Å². The van der Waals surface area contributed by atoms with E-state index in [9.17, 15) is 9.00 Å².